The van der Waals surface area contributed by atoms with Crippen LogP contribution >= 0.6 is 53.7 Å². The number of carboxylic acid groups (broad SMARTS) is 3. The molecule has 6 N–H and O–H groups in total. The number of urea groups is 1. The van der Waals surface area contributed by atoms with E-state index in [1.807, 2.05) is 41.7 Å². The minimum absolute atomic E-state index is 0.0291. The Morgan fingerprint density at radius 3 is 1.74 bits per heavy atom. The van der Waals surface area contributed by atoms with Crippen LogP contribution in [0.15, 0.2) is 65.6 Å². The first-order chi connectivity index (χ1) is 27.0. The van der Waals surface area contributed by atoms with E-state index in [9.17, 15) is 48.6 Å². The molecule has 0 aromatic carbocycles. The van der Waals surface area contributed by atoms with Crippen LogP contribution in [0, 0.1) is 0 Å². The number of hydrogen-bond donors (Lipinski definition) is 6. The zero-order valence-electron chi connectivity index (χ0n) is 30.1. The third-order valence-electron chi connectivity index (χ3n) is 7.54. The maximum absolute atomic E-state index is 12.4. The number of amides is 3. The molecule has 57 heavy (non-hydrogen) atoms. The second-order valence-corrected chi connectivity index (χ2v) is 83.1. The number of aromatic nitrogens is 2. The SMILES string of the molecule is O=C=C(CCCC(NC(=O)NC(C(=O)O)C(=C=O)C(=C=O)C(=O)O)C(=O)O)NC(=O)CCCCCCCN(Cc1ccccn1)Cc1ccccn1.[Br][Re]([Br])([Br])[Br]. The number of aliphatic carboxylic acids is 3. The second-order valence-electron chi connectivity index (χ2n) is 11.8. The Morgan fingerprint density at radius 1 is 0.719 bits per heavy atom. The fourth-order valence-electron chi connectivity index (χ4n) is 4.97. The third kappa shape index (κ3) is 24.0. The Hall–Kier alpha value is -3.66. The van der Waals surface area contributed by atoms with E-state index in [2.05, 4.69) is 73.9 Å². The van der Waals surface area contributed by atoms with E-state index in [1.54, 1.807) is 23.7 Å². The molecule has 0 saturated carbocycles. The topological polar surface area (TPSA) is 262 Å². The molecular formula is C35H40Br4N6O11Re. The first kappa shape index (κ1) is 51.4. The summed E-state index contributed by atoms with van der Waals surface area (Å²) in [7, 11) is -1.86. The van der Waals surface area contributed by atoms with Crippen molar-refractivity contribution in [3.8, 4) is 0 Å². The van der Waals surface area contributed by atoms with Crippen molar-refractivity contribution in [3.63, 3.8) is 0 Å². The summed E-state index contributed by atoms with van der Waals surface area (Å²) in [4.78, 5) is 104. The van der Waals surface area contributed by atoms with E-state index in [1.165, 1.54) is 0 Å². The number of halogens is 4. The number of hydrogen-bond acceptors (Lipinski definition) is 11. The fourth-order valence-corrected chi connectivity index (χ4v) is 4.97. The van der Waals surface area contributed by atoms with Crippen LogP contribution in [0.1, 0.15) is 69.2 Å². The van der Waals surface area contributed by atoms with Gasteiger partial charge in [-0.1, -0.05) is 31.4 Å². The Balaban J connectivity index is 0.00000304. The minimum atomic E-state index is -2.37. The van der Waals surface area contributed by atoms with E-state index in [0.717, 1.165) is 55.5 Å². The quantitative estimate of drug-likeness (QED) is 0.0350. The number of pyridine rings is 2. The molecule has 2 heterocycles. The number of carbonyl (C=O) groups excluding carboxylic acids is 5. The van der Waals surface area contributed by atoms with Gasteiger partial charge in [-0.25, -0.2) is 33.6 Å². The van der Waals surface area contributed by atoms with E-state index in [-0.39, 0.29) is 31.4 Å². The molecule has 0 aliphatic rings. The molecule has 2 atom stereocenters. The van der Waals surface area contributed by atoms with Crippen molar-refractivity contribution >= 4 is 101 Å². The molecule has 2 aromatic heterocycles. The average Bonchev–Trinajstić information content (AvgIpc) is 3.14. The average molecular weight is 1230 g/mol. The monoisotopic (exact) mass is 1220 g/mol. The van der Waals surface area contributed by atoms with Crippen LogP contribution in [-0.2, 0) is 54.1 Å². The molecule has 22 heteroatoms. The van der Waals surface area contributed by atoms with Crippen LogP contribution in [0.25, 0.3) is 0 Å². The number of rotatable bonds is 24. The van der Waals surface area contributed by atoms with Gasteiger partial charge in [0.05, 0.1) is 17.0 Å². The molecular weight excluding hydrogens is 1190 g/mol. The Kier molecular flexibility index (Phi) is 25.9. The molecule has 0 fully saturated rings. The van der Waals surface area contributed by atoms with Gasteiger partial charge in [-0.3, -0.25) is 19.7 Å². The molecule has 3 amide bonds. The molecule has 0 aliphatic carbocycles. The fraction of sp³-hybridized carbons (Fsp3) is 0.400. The number of unbranched alkanes of at least 4 members (excludes halogenated alkanes) is 4. The van der Waals surface area contributed by atoms with Crippen LogP contribution in [0.4, 0.5) is 4.79 Å². The van der Waals surface area contributed by atoms with Gasteiger partial charge in [0.25, 0.3) is 0 Å². The van der Waals surface area contributed by atoms with E-state index >= 15 is 0 Å². The molecule has 2 unspecified atom stereocenters. The predicted octanol–water partition coefficient (Wildman–Crippen LogP) is 5.01. The number of carboxylic acids is 3. The standard InChI is InChI=1S/C35H40N6O11.4BrH.Re/c42-21-26(13-10-14-29(33(48)49)39-35(52)40-31(34(50)51)27(22-43)28(23-44)32(46)47)38-30(45)15-4-2-1-3-9-18-41(19-24-11-5-7-16-36-24)20-25-12-6-8-17-37-25;;;;;/h5-8,11-12,16-17,29,31H,1-4,9-10,13-15,18-20H2,(H,38,45)(H,46,47)(H,48,49)(H,50,51)(H2,39,40,52);4*1H;/q;;;;;+4/p-4. The van der Waals surface area contributed by atoms with Crippen LogP contribution in [0.3, 0.4) is 0 Å². The van der Waals surface area contributed by atoms with Gasteiger partial charge in [-0.2, -0.15) is 0 Å². The summed E-state index contributed by atoms with van der Waals surface area (Å²) < 4.78 is 0. The zero-order chi connectivity index (χ0) is 42.8. The second kappa shape index (κ2) is 28.7. The molecule has 2 aromatic rings. The van der Waals surface area contributed by atoms with Crippen LogP contribution in [0.5, 0.6) is 0 Å². The normalized spacial score (nSPS) is 11.8. The summed E-state index contributed by atoms with van der Waals surface area (Å²) in [6, 6.07) is 6.21. The molecule has 0 radical (unpaired) electrons. The number of allylic oxidation sites excluding steroid dienone is 1. The van der Waals surface area contributed by atoms with Gasteiger partial charge in [0, 0.05) is 31.9 Å². The van der Waals surface area contributed by atoms with Gasteiger partial charge in [-0.15, -0.1) is 0 Å². The molecule has 2 rings (SSSR count). The molecule has 0 aliphatic heterocycles. The van der Waals surface area contributed by atoms with Crippen molar-refractivity contribution in [2.75, 3.05) is 6.54 Å². The van der Waals surface area contributed by atoms with Gasteiger partial charge in [0.15, 0.2) is 11.6 Å². The summed E-state index contributed by atoms with van der Waals surface area (Å²) >= 11 is 13.3. The summed E-state index contributed by atoms with van der Waals surface area (Å²) in [5, 5.41) is 33.9. The van der Waals surface area contributed by atoms with Gasteiger partial charge in [0.1, 0.15) is 29.6 Å². The van der Waals surface area contributed by atoms with Crippen molar-refractivity contribution in [1.29, 1.82) is 0 Å². The van der Waals surface area contributed by atoms with Crippen LogP contribution < -0.4 is 16.0 Å². The Labute approximate surface area is 357 Å². The van der Waals surface area contributed by atoms with Crippen LogP contribution in [-0.4, -0.2) is 96.5 Å². The Morgan fingerprint density at radius 2 is 1.28 bits per heavy atom. The van der Waals surface area contributed by atoms with Crippen molar-refractivity contribution in [3.05, 3.63) is 77.0 Å². The number of nitrogens with zero attached hydrogens (tertiary/aromatic N) is 3. The van der Waals surface area contributed by atoms with E-state index < -0.39 is 60.5 Å². The molecule has 0 bridgehead atoms. The Bertz CT molecular complexity index is 1760. The van der Waals surface area contributed by atoms with E-state index in [4.69, 9.17) is 5.11 Å². The van der Waals surface area contributed by atoms with Gasteiger partial charge in [0.2, 0.25) is 5.91 Å². The summed E-state index contributed by atoms with van der Waals surface area (Å²) in [6.45, 7) is 2.23. The number of carbonyl (C=O) groups is 5. The van der Waals surface area contributed by atoms with Gasteiger partial charge < -0.3 is 31.3 Å². The third-order valence-corrected chi connectivity index (χ3v) is 7.54. The van der Waals surface area contributed by atoms with Crippen LogP contribution in [0.2, 0.25) is 0 Å². The molecule has 0 saturated heterocycles. The van der Waals surface area contributed by atoms with Crippen molar-refractivity contribution in [2.24, 2.45) is 0 Å². The maximum atomic E-state index is 12.4. The molecule has 0 spiro atoms. The predicted molar refractivity (Wildman–Crippen MR) is 218 cm³/mol. The first-order valence-electron chi connectivity index (χ1n) is 16.9. The molecule has 17 nitrogen and oxygen atoms in total. The zero-order valence-corrected chi connectivity index (χ0v) is 39.2. The summed E-state index contributed by atoms with van der Waals surface area (Å²) in [5.74, 6) is -2.42. The summed E-state index contributed by atoms with van der Waals surface area (Å²) in [5.41, 5.74) is -0.811. The molecule has 311 valence electrons. The van der Waals surface area contributed by atoms with Crippen molar-refractivity contribution in [2.45, 2.75) is 83.0 Å². The number of nitrogens with one attached hydrogen (secondary N) is 3. The van der Waals surface area contributed by atoms with Gasteiger partial charge in [-0.05, 0) is 62.9 Å². The van der Waals surface area contributed by atoms with Crippen molar-refractivity contribution in [1.82, 2.24) is 30.8 Å². The summed E-state index contributed by atoms with van der Waals surface area (Å²) in [6.07, 6.45) is 7.44. The van der Waals surface area contributed by atoms with Crippen molar-refractivity contribution < 1.29 is 61.1 Å². The first-order valence-corrected chi connectivity index (χ1v) is 40.6. The van der Waals surface area contributed by atoms with Gasteiger partial charge >= 0.3 is 85.1 Å². The van der Waals surface area contributed by atoms with E-state index in [0.29, 0.717) is 19.5 Å².